The number of hydrogen-bond acceptors (Lipinski definition) is 4. The smallest absolute Gasteiger partial charge is 0.267 e. The number of piperidine rings is 1. The summed E-state index contributed by atoms with van der Waals surface area (Å²) in [6.07, 6.45) is 6.57. The molecule has 30 heavy (non-hydrogen) atoms. The van der Waals surface area contributed by atoms with Crippen LogP contribution in [0.25, 0.3) is 16.7 Å². The lowest BCUT2D eigenvalue weighted by Crippen LogP contribution is -2.41. The Hall–Kier alpha value is -2.96. The normalized spacial score (nSPS) is 15.2. The van der Waals surface area contributed by atoms with Crippen LogP contribution in [-0.2, 0) is 6.54 Å². The molecule has 0 saturated carbocycles. The molecule has 3 aromatic rings. The van der Waals surface area contributed by atoms with Crippen molar-refractivity contribution in [1.29, 1.82) is 5.41 Å². The molecule has 0 unspecified atom stereocenters. The number of nitrogens with zero attached hydrogens (tertiary/aromatic N) is 4. The summed E-state index contributed by atoms with van der Waals surface area (Å²) in [4.78, 5) is 33.0. The molecular weight excluding hydrogens is 378 g/mol. The number of carbonyl (C=O) groups is 1. The van der Waals surface area contributed by atoms with Gasteiger partial charge in [0.25, 0.3) is 11.5 Å². The van der Waals surface area contributed by atoms with Crippen LogP contribution in [0.4, 0.5) is 0 Å². The molecule has 0 aliphatic carbocycles. The summed E-state index contributed by atoms with van der Waals surface area (Å²) in [5, 5.41) is 9.19. The van der Waals surface area contributed by atoms with Crippen LogP contribution in [0.15, 0.2) is 35.3 Å². The van der Waals surface area contributed by atoms with Gasteiger partial charge in [-0.05, 0) is 43.4 Å². The van der Waals surface area contributed by atoms with Crippen molar-refractivity contribution in [2.75, 3.05) is 13.1 Å². The number of aromatic nitrogens is 3. The number of aryl methyl sites for hydroxylation is 1. The van der Waals surface area contributed by atoms with Crippen LogP contribution in [-0.4, -0.2) is 37.8 Å². The summed E-state index contributed by atoms with van der Waals surface area (Å²) >= 11 is 0. The van der Waals surface area contributed by atoms with Gasteiger partial charge in [0.05, 0.1) is 10.9 Å². The highest BCUT2D eigenvalue weighted by atomic mass is 16.2. The fraction of sp³-hybridized carbons (Fsp3) is 0.478. The van der Waals surface area contributed by atoms with Crippen LogP contribution in [0.3, 0.4) is 0 Å². The van der Waals surface area contributed by atoms with E-state index in [1.165, 1.54) is 4.40 Å². The Morgan fingerprint density at radius 1 is 1.23 bits per heavy atom. The van der Waals surface area contributed by atoms with Gasteiger partial charge in [0.1, 0.15) is 16.8 Å². The first kappa shape index (κ1) is 20.3. The number of pyridine rings is 2. The van der Waals surface area contributed by atoms with Crippen LogP contribution < -0.4 is 11.0 Å². The van der Waals surface area contributed by atoms with Crippen molar-refractivity contribution >= 4 is 22.6 Å². The topological polar surface area (TPSA) is 83.5 Å². The number of nitrogens with one attached hydrogen (secondary N) is 1. The molecule has 0 atom stereocenters. The molecule has 7 heteroatoms. The second kappa shape index (κ2) is 8.42. The first-order chi connectivity index (χ1) is 14.5. The Labute approximate surface area is 175 Å². The molecule has 0 aromatic carbocycles. The molecule has 1 saturated heterocycles. The van der Waals surface area contributed by atoms with Crippen molar-refractivity contribution in [3.05, 3.63) is 51.9 Å². The Kier molecular flexibility index (Phi) is 5.70. The molecule has 4 heterocycles. The number of hydrogen-bond donors (Lipinski definition) is 1. The third kappa shape index (κ3) is 3.64. The van der Waals surface area contributed by atoms with Gasteiger partial charge in [0, 0.05) is 25.8 Å². The minimum Gasteiger partial charge on any atom is -0.339 e. The number of rotatable bonds is 5. The van der Waals surface area contributed by atoms with Gasteiger partial charge in [-0.1, -0.05) is 32.8 Å². The number of carbonyl (C=O) groups excluding carboxylic acids is 1. The molecule has 1 N–H and O–H groups in total. The summed E-state index contributed by atoms with van der Waals surface area (Å²) in [6.45, 7) is 6.29. The molecular formula is C23H29N5O2. The maximum absolute atomic E-state index is 13.3. The Balaban J connectivity index is 1.90. The second-order valence-corrected chi connectivity index (χ2v) is 8.32. The van der Waals surface area contributed by atoms with E-state index in [1.54, 1.807) is 29.0 Å². The van der Waals surface area contributed by atoms with Gasteiger partial charge in [0.2, 0.25) is 0 Å². The van der Waals surface area contributed by atoms with Gasteiger partial charge in [-0.25, -0.2) is 4.98 Å². The summed E-state index contributed by atoms with van der Waals surface area (Å²) in [5.74, 6) is 0.455. The maximum atomic E-state index is 13.3. The third-order valence-electron chi connectivity index (χ3n) is 6.10. The van der Waals surface area contributed by atoms with E-state index in [-0.39, 0.29) is 17.0 Å². The van der Waals surface area contributed by atoms with Crippen molar-refractivity contribution in [2.24, 2.45) is 5.92 Å². The zero-order valence-electron chi connectivity index (χ0n) is 17.7. The van der Waals surface area contributed by atoms with E-state index in [9.17, 15) is 9.59 Å². The number of unbranched alkanes of at least 4 members (excludes halogenated alkanes) is 2. The predicted molar refractivity (Wildman–Crippen MR) is 117 cm³/mol. The Morgan fingerprint density at radius 3 is 2.73 bits per heavy atom. The molecule has 0 spiro atoms. The highest BCUT2D eigenvalue weighted by Crippen LogP contribution is 2.19. The standard InChI is InChI=1S/C23H29N5O2/c1-3-4-6-12-28-20(24)17(22(29)26-13-9-16(2)10-14-26)15-18-21(28)25-19-8-5-7-11-27(19)23(18)30/h5,7-8,11,15-16,24H,3-4,6,9-10,12-14H2,1-2H3. The van der Waals surface area contributed by atoms with Gasteiger partial charge >= 0.3 is 0 Å². The fourth-order valence-electron chi connectivity index (χ4n) is 4.17. The Morgan fingerprint density at radius 2 is 2.00 bits per heavy atom. The third-order valence-corrected chi connectivity index (χ3v) is 6.10. The highest BCUT2D eigenvalue weighted by molar-refractivity contribution is 5.96. The van der Waals surface area contributed by atoms with E-state index in [0.29, 0.717) is 47.8 Å². The summed E-state index contributed by atoms with van der Waals surface area (Å²) in [6, 6.07) is 7.00. The summed E-state index contributed by atoms with van der Waals surface area (Å²) < 4.78 is 3.25. The van der Waals surface area contributed by atoms with Crippen LogP contribution in [0.2, 0.25) is 0 Å². The average molecular weight is 408 g/mol. The monoisotopic (exact) mass is 407 g/mol. The van der Waals surface area contributed by atoms with Crippen LogP contribution in [0.5, 0.6) is 0 Å². The largest absolute Gasteiger partial charge is 0.339 e. The molecule has 1 amide bonds. The van der Waals surface area contributed by atoms with E-state index in [0.717, 1.165) is 32.1 Å². The average Bonchev–Trinajstić information content (AvgIpc) is 2.76. The van der Waals surface area contributed by atoms with E-state index < -0.39 is 0 Å². The minimum atomic E-state index is -0.207. The molecule has 158 valence electrons. The lowest BCUT2D eigenvalue weighted by atomic mass is 9.98. The predicted octanol–water partition coefficient (Wildman–Crippen LogP) is 3.19. The number of fused-ring (bicyclic) bond motifs is 2. The van der Waals surface area contributed by atoms with Crippen LogP contribution >= 0.6 is 0 Å². The van der Waals surface area contributed by atoms with Crippen molar-refractivity contribution in [3.8, 4) is 0 Å². The molecule has 7 nitrogen and oxygen atoms in total. The van der Waals surface area contributed by atoms with Gasteiger partial charge in [-0.3, -0.25) is 19.4 Å². The highest BCUT2D eigenvalue weighted by Gasteiger charge is 2.24. The minimum absolute atomic E-state index is 0.148. The second-order valence-electron chi connectivity index (χ2n) is 8.32. The number of amides is 1. The molecule has 0 bridgehead atoms. The van der Waals surface area contributed by atoms with Gasteiger partial charge < -0.3 is 9.47 Å². The van der Waals surface area contributed by atoms with Gasteiger partial charge in [-0.2, -0.15) is 0 Å². The van der Waals surface area contributed by atoms with Crippen molar-refractivity contribution in [1.82, 2.24) is 18.9 Å². The quantitative estimate of drug-likeness (QED) is 0.521. The Bertz CT molecular complexity index is 1200. The lowest BCUT2D eigenvalue weighted by Gasteiger charge is -2.30. The van der Waals surface area contributed by atoms with Crippen molar-refractivity contribution in [3.63, 3.8) is 0 Å². The summed E-state index contributed by atoms with van der Waals surface area (Å²) in [7, 11) is 0. The first-order valence-electron chi connectivity index (χ1n) is 10.9. The zero-order chi connectivity index (χ0) is 21.3. The maximum Gasteiger partial charge on any atom is 0.267 e. The van der Waals surface area contributed by atoms with Gasteiger partial charge in [0.15, 0.2) is 0 Å². The molecule has 1 fully saturated rings. The zero-order valence-corrected chi connectivity index (χ0v) is 17.7. The molecule has 1 aliphatic rings. The molecule has 4 rings (SSSR count). The molecule has 3 aromatic heterocycles. The van der Waals surface area contributed by atoms with Crippen molar-refractivity contribution < 1.29 is 4.79 Å². The summed E-state index contributed by atoms with van der Waals surface area (Å²) in [5.41, 5.74) is 1.26. The van der Waals surface area contributed by atoms with E-state index in [2.05, 4.69) is 18.8 Å². The fourth-order valence-corrected chi connectivity index (χ4v) is 4.17. The lowest BCUT2D eigenvalue weighted by molar-refractivity contribution is 0.0694. The molecule has 1 aliphatic heterocycles. The van der Waals surface area contributed by atoms with E-state index in [1.807, 2.05) is 11.0 Å². The van der Waals surface area contributed by atoms with E-state index >= 15 is 0 Å². The SMILES string of the molecule is CCCCCn1c(=N)c(C(=O)N2CCC(C)CC2)cc2c(=O)n3ccccc3nc21. The first-order valence-corrected chi connectivity index (χ1v) is 10.9. The van der Waals surface area contributed by atoms with Crippen molar-refractivity contribution in [2.45, 2.75) is 52.5 Å². The number of likely N-dealkylation sites (tertiary alicyclic amines) is 1. The van der Waals surface area contributed by atoms with Crippen LogP contribution in [0, 0.1) is 11.3 Å². The molecule has 0 radical (unpaired) electrons. The van der Waals surface area contributed by atoms with E-state index in [4.69, 9.17) is 5.41 Å². The van der Waals surface area contributed by atoms with Crippen LogP contribution in [0.1, 0.15) is 56.3 Å². The van der Waals surface area contributed by atoms with Gasteiger partial charge in [-0.15, -0.1) is 0 Å².